The third-order valence-electron chi connectivity index (χ3n) is 4.07. The van der Waals surface area contributed by atoms with Crippen molar-refractivity contribution in [2.45, 2.75) is 58.2 Å². The highest BCUT2D eigenvalue weighted by Gasteiger charge is 2.22. The summed E-state index contributed by atoms with van der Waals surface area (Å²) in [6, 6.07) is 0. The van der Waals surface area contributed by atoms with Crippen molar-refractivity contribution in [2.24, 2.45) is 5.73 Å². The van der Waals surface area contributed by atoms with Gasteiger partial charge in [0.1, 0.15) is 17.9 Å². The molecule has 1 aromatic rings. The zero-order valence-electron chi connectivity index (χ0n) is 15.5. The first-order chi connectivity index (χ1) is 12.4. The summed E-state index contributed by atoms with van der Waals surface area (Å²) in [5.74, 6) is -0.419. The number of aliphatic hydroxyl groups is 3. The van der Waals surface area contributed by atoms with E-state index in [-0.39, 0.29) is 11.4 Å². The molecule has 8 nitrogen and oxygen atoms in total. The number of carbonyl (C=O) groups is 1. The topological polar surface area (TPSA) is 142 Å². The zero-order valence-corrected chi connectivity index (χ0v) is 15.5. The molecular formula is C18H30N4O4. The van der Waals surface area contributed by atoms with Gasteiger partial charge >= 0.3 is 0 Å². The minimum absolute atomic E-state index is 0.0334. The van der Waals surface area contributed by atoms with Gasteiger partial charge in [0.2, 0.25) is 0 Å². The molecule has 0 unspecified atom stereocenters. The summed E-state index contributed by atoms with van der Waals surface area (Å²) in [5.41, 5.74) is 6.79. The molecule has 0 aromatic carbocycles. The molecule has 0 spiro atoms. The highest BCUT2D eigenvalue weighted by atomic mass is 16.4. The molecule has 1 aromatic heterocycles. The average molecular weight is 366 g/mol. The third-order valence-corrected chi connectivity index (χ3v) is 4.07. The Balaban J connectivity index is 2.76. The third kappa shape index (κ3) is 6.80. The van der Waals surface area contributed by atoms with Gasteiger partial charge in [-0.25, -0.2) is 4.98 Å². The molecule has 1 heterocycles. The van der Waals surface area contributed by atoms with E-state index in [0.29, 0.717) is 12.2 Å². The van der Waals surface area contributed by atoms with Gasteiger partial charge in [0.15, 0.2) is 0 Å². The predicted molar refractivity (Wildman–Crippen MR) is 98.2 cm³/mol. The van der Waals surface area contributed by atoms with Crippen LogP contribution in [0, 0.1) is 6.92 Å². The summed E-state index contributed by atoms with van der Waals surface area (Å²) in [5, 5.41) is 31.2. The number of aliphatic hydroxyl groups excluding tert-OH is 3. The van der Waals surface area contributed by atoms with Gasteiger partial charge in [-0.3, -0.25) is 9.78 Å². The number of aryl methyl sites for hydroxylation is 1. The fourth-order valence-corrected chi connectivity index (χ4v) is 2.41. The number of nitrogens with two attached hydrogens (primary N) is 1. The Bertz CT molecular complexity index is 607. The van der Waals surface area contributed by atoms with E-state index in [4.69, 9.17) is 10.8 Å². The first kappa shape index (κ1) is 22.2. The summed E-state index contributed by atoms with van der Waals surface area (Å²) >= 11 is 0. The number of nitrogens with one attached hydrogen (secondary N) is 1. The van der Waals surface area contributed by atoms with Crippen molar-refractivity contribution in [3.8, 4) is 0 Å². The van der Waals surface area contributed by atoms with Crippen LogP contribution in [0.25, 0.3) is 0 Å². The van der Waals surface area contributed by atoms with Crippen molar-refractivity contribution in [2.75, 3.05) is 13.2 Å². The van der Waals surface area contributed by atoms with Gasteiger partial charge in [-0.2, -0.15) is 0 Å². The van der Waals surface area contributed by atoms with Crippen molar-refractivity contribution in [3.63, 3.8) is 0 Å². The Labute approximate surface area is 154 Å². The number of amides is 1. The van der Waals surface area contributed by atoms with Crippen LogP contribution in [0.3, 0.4) is 0 Å². The van der Waals surface area contributed by atoms with E-state index in [1.165, 1.54) is 6.20 Å². The lowest BCUT2D eigenvalue weighted by atomic mass is 10.1. The van der Waals surface area contributed by atoms with Gasteiger partial charge in [0.05, 0.1) is 24.2 Å². The lowest BCUT2D eigenvalue weighted by Crippen LogP contribution is -2.28. The quantitative estimate of drug-likeness (QED) is 0.363. The van der Waals surface area contributed by atoms with Crippen molar-refractivity contribution < 1.29 is 20.1 Å². The maximum Gasteiger partial charge on any atom is 0.275 e. The smallest absolute Gasteiger partial charge is 0.275 e. The maximum atomic E-state index is 12.5. The summed E-state index contributed by atoms with van der Waals surface area (Å²) in [6.45, 7) is 3.57. The number of allylic oxidation sites excluding steroid dienone is 2. The molecule has 1 amide bonds. The molecule has 0 radical (unpaired) electrons. The molecular weight excluding hydrogens is 336 g/mol. The molecule has 0 fully saturated rings. The molecule has 6 N–H and O–H groups in total. The SMILES string of the molecule is CC=C(CCCCCCN)NC(=O)c1nc([C@H](O)[C@H](O)CO)cnc1C. The van der Waals surface area contributed by atoms with E-state index >= 15 is 0 Å². The fraction of sp³-hybridized carbons (Fsp3) is 0.611. The summed E-state index contributed by atoms with van der Waals surface area (Å²) in [7, 11) is 0. The molecule has 0 aliphatic carbocycles. The van der Waals surface area contributed by atoms with E-state index < -0.39 is 24.7 Å². The molecule has 2 atom stereocenters. The molecule has 0 saturated heterocycles. The number of unbranched alkanes of at least 4 members (excludes halogenated alkanes) is 3. The van der Waals surface area contributed by atoms with Crippen LogP contribution < -0.4 is 11.1 Å². The second kappa shape index (κ2) is 11.7. The molecule has 8 heteroatoms. The van der Waals surface area contributed by atoms with Gasteiger partial charge in [0, 0.05) is 5.70 Å². The summed E-state index contributed by atoms with van der Waals surface area (Å²) < 4.78 is 0. The fourth-order valence-electron chi connectivity index (χ4n) is 2.41. The Kier molecular flexibility index (Phi) is 9.97. The average Bonchev–Trinajstić information content (AvgIpc) is 2.65. The number of aromatic nitrogens is 2. The Morgan fingerprint density at radius 3 is 2.62 bits per heavy atom. The van der Waals surface area contributed by atoms with Crippen LogP contribution in [0.5, 0.6) is 0 Å². The number of nitrogens with zero attached hydrogens (tertiary/aromatic N) is 2. The van der Waals surface area contributed by atoms with Gasteiger partial charge in [0.25, 0.3) is 5.91 Å². The standard InChI is InChI=1S/C18H30N4O4/c1-3-13(8-6-4-5-7-9-19)21-18(26)16-12(2)20-10-14(22-16)17(25)15(24)11-23/h3,10,15,17,23-25H,4-9,11,19H2,1-2H3,(H,21,26)/t15-,17+/m1/s1. The largest absolute Gasteiger partial charge is 0.394 e. The maximum absolute atomic E-state index is 12.5. The second-order valence-corrected chi connectivity index (χ2v) is 6.14. The van der Waals surface area contributed by atoms with Crippen LogP contribution in [-0.2, 0) is 0 Å². The Morgan fingerprint density at radius 1 is 1.31 bits per heavy atom. The summed E-state index contributed by atoms with van der Waals surface area (Å²) in [6.07, 6.45) is 5.13. The molecule has 146 valence electrons. The van der Waals surface area contributed by atoms with E-state index in [1.807, 2.05) is 13.0 Å². The van der Waals surface area contributed by atoms with Gasteiger partial charge in [-0.05, 0) is 39.7 Å². The highest BCUT2D eigenvalue weighted by molar-refractivity contribution is 5.94. The lowest BCUT2D eigenvalue weighted by Gasteiger charge is -2.16. The van der Waals surface area contributed by atoms with Crippen LogP contribution >= 0.6 is 0 Å². The van der Waals surface area contributed by atoms with Gasteiger partial charge < -0.3 is 26.4 Å². The van der Waals surface area contributed by atoms with Gasteiger partial charge in [-0.15, -0.1) is 0 Å². The number of hydrogen-bond donors (Lipinski definition) is 5. The van der Waals surface area contributed by atoms with Gasteiger partial charge in [-0.1, -0.05) is 18.9 Å². The van der Waals surface area contributed by atoms with Crippen LogP contribution in [-0.4, -0.2) is 50.5 Å². The monoisotopic (exact) mass is 366 g/mol. The van der Waals surface area contributed by atoms with Crippen molar-refractivity contribution in [1.29, 1.82) is 0 Å². The summed E-state index contributed by atoms with van der Waals surface area (Å²) in [4.78, 5) is 20.7. The number of carbonyl (C=O) groups excluding carboxylic acids is 1. The molecule has 0 saturated carbocycles. The molecule has 0 aliphatic rings. The van der Waals surface area contributed by atoms with Crippen LogP contribution in [0.15, 0.2) is 18.0 Å². The minimum Gasteiger partial charge on any atom is -0.394 e. The first-order valence-corrected chi connectivity index (χ1v) is 8.91. The lowest BCUT2D eigenvalue weighted by molar-refractivity contribution is -0.0175. The van der Waals surface area contributed by atoms with Crippen LogP contribution in [0.4, 0.5) is 0 Å². The van der Waals surface area contributed by atoms with Crippen molar-refractivity contribution in [1.82, 2.24) is 15.3 Å². The zero-order chi connectivity index (χ0) is 19.5. The predicted octanol–water partition coefficient (Wildman–Crippen LogP) is 0.714. The van der Waals surface area contributed by atoms with E-state index in [0.717, 1.165) is 37.8 Å². The minimum atomic E-state index is -1.41. The molecule has 0 bridgehead atoms. The first-order valence-electron chi connectivity index (χ1n) is 8.91. The number of rotatable bonds is 11. The number of hydrogen-bond acceptors (Lipinski definition) is 7. The second-order valence-electron chi connectivity index (χ2n) is 6.14. The molecule has 0 aliphatic heterocycles. The Morgan fingerprint density at radius 2 is 2.00 bits per heavy atom. The van der Waals surface area contributed by atoms with Crippen LogP contribution in [0.1, 0.15) is 67.0 Å². The highest BCUT2D eigenvalue weighted by Crippen LogP contribution is 2.16. The normalized spacial score (nSPS) is 14.2. The molecule has 1 rings (SSSR count). The molecule has 26 heavy (non-hydrogen) atoms. The van der Waals surface area contributed by atoms with E-state index in [1.54, 1.807) is 6.92 Å². The Hall–Kier alpha value is -1.87. The van der Waals surface area contributed by atoms with Crippen molar-refractivity contribution >= 4 is 5.91 Å². The van der Waals surface area contributed by atoms with E-state index in [9.17, 15) is 15.0 Å². The van der Waals surface area contributed by atoms with Crippen molar-refractivity contribution in [3.05, 3.63) is 35.1 Å². The van der Waals surface area contributed by atoms with E-state index in [2.05, 4.69) is 15.3 Å². The van der Waals surface area contributed by atoms with Crippen LogP contribution in [0.2, 0.25) is 0 Å².